The largest absolute Gasteiger partial charge is 0.324 e. The zero-order chi connectivity index (χ0) is 13.4. The summed E-state index contributed by atoms with van der Waals surface area (Å²) >= 11 is 0. The van der Waals surface area contributed by atoms with Gasteiger partial charge in [-0.25, -0.2) is 4.39 Å². The Bertz CT molecular complexity index is 503. The Morgan fingerprint density at radius 3 is 2.89 bits per heavy atom. The van der Waals surface area contributed by atoms with Gasteiger partial charge in [-0.15, -0.1) is 0 Å². The maximum atomic E-state index is 13.2. The van der Waals surface area contributed by atoms with Gasteiger partial charge in [-0.2, -0.15) is 0 Å². The van der Waals surface area contributed by atoms with E-state index in [0.29, 0.717) is 17.6 Å². The third-order valence-corrected chi connectivity index (χ3v) is 4.34. The third kappa shape index (κ3) is 2.37. The molecule has 3 nitrogen and oxygen atoms in total. The predicted octanol–water partition coefficient (Wildman–Crippen LogP) is 2.99. The first-order chi connectivity index (χ1) is 9.15. The van der Waals surface area contributed by atoms with Crippen LogP contribution in [0.2, 0.25) is 0 Å². The number of hydrogen-bond donors (Lipinski definition) is 2. The Morgan fingerprint density at radius 2 is 2.11 bits per heavy atom. The number of rotatable bonds is 2. The lowest BCUT2D eigenvalue weighted by molar-refractivity contribution is -0.118. The van der Waals surface area contributed by atoms with Crippen LogP contribution in [0.25, 0.3) is 0 Å². The Hall–Kier alpha value is -1.42. The maximum Gasteiger partial charge on any atom is 0.246 e. The van der Waals surface area contributed by atoms with Gasteiger partial charge in [0.15, 0.2) is 0 Å². The summed E-state index contributed by atoms with van der Waals surface area (Å²) in [6.45, 7) is 2.23. The summed E-state index contributed by atoms with van der Waals surface area (Å²) < 4.78 is 13.2. The number of halogens is 1. The second kappa shape index (κ2) is 4.93. The summed E-state index contributed by atoms with van der Waals surface area (Å²) in [4.78, 5) is 12.0. The van der Waals surface area contributed by atoms with E-state index in [2.05, 4.69) is 17.6 Å². The lowest BCUT2D eigenvalue weighted by atomic mass is 9.85. The molecule has 0 spiro atoms. The molecular weight excluding hydrogens is 243 g/mol. The van der Waals surface area contributed by atoms with Gasteiger partial charge < -0.3 is 5.32 Å². The van der Waals surface area contributed by atoms with Gasteiger partial charge in [0.25, 0.3) is 0 Å². The molecule has 1 aromatic rings. The summed E-state index contributed by atoms with van der Waals surface area (Å²) in [6.07, 6.45) is 4.81. The normalized spacial score (nSPS) is 30.0. The Morgan fingerprint density at radius 1 is 1.32 bits per heavy atom. The fourth-order valence-electron chi connectivity index (χ4n) is 3.18. The molecule has 1 fully saturated rings. The van der Waals surface area contributed by atoms with E-state index < -0.39 is 0 Å². The molecule has 0 aromatic heterocycles. The number of anilines is 1. The van der Waals surface area contributed by atoms with Gasteiger partial charge in [0.2, 0.25) is 5.91 Å². The van der Waals surface area contributed by atoms with Crippen LogP contribution in [0, 0.1) is 11.7 Å². The molecule has 1 amide bonds. The molecule has 1 saturated carbocycles. The zero-order valence-electron chi connectivity index (χ0n) is 11.1. The van der Waals surface area contributed by atoms with E-state index in [-0.39, 0.29) is 17.8 Å². The SMILES string of the molecule is CC1CCCCC1NC1C(=O)Nc2cc(F)ccc21. The number of carbonyl (C=O) groups is 1. The molecule has 0 radical (unpaired) electrons. The molecule has 4 heteroatoms. The summed E-state index contributed by atoms with van der Waals surface area (Å²) in [6, 6.07) is 4.55. The van der Waals surface area contributed by atoms with Gasteiger partial charge in [0.1, 0.15) is 11.9 Å². The minimum Gasteiger partial charge on any atom is -0.324 e. The molecule has 102 valence electrons. The molecule has 1 aromatic carbocycles. The average molecular weight is 262 g/mol. The molecule has 0 saturated heterocycles. The smallest absolute Gasteiger partial charge is 0.246 e. The van der Waals surface area contributed by atoms with Crippen molar-refractivity contribution >= 4 is 11.6 Å². The van der Waals surface area contributed by atoms with Gasteiger partial charge in [-0.3, -0.25) is 10.1 Å². The van der Waals surface area contributed by atoms with Crippen molar-refractivity contribution < 1.29 is 9.18 Å². The zero-order valence-corrected chi connectivity index (χ0v) is 11.1. The third-order valence-electron chi connectivity index (χ3n) is 4.34. The Labute approximate surface area is 112 Å². The van der Waals surface area contributed by atoms with Crippen LogP contribution in [0.15, 0.2) is 18.2 Å². The van der Waals surface area contributed by atoms with Crippen molar-refractivity contribution in [2.24, 2.45) is 5.92 Å². The summed E-state index contributed by atoms with van der Waals surface area (Å²) in [5.41, 5.74) is 1.47. The summed E-state index contributed by atoms with van der Waals surface area (Å²) in [7, 11) is 0. The van der Waals surface area contributed by atoms with Crippen LogP contribution < -0.4 is 10.6 Å². The van der Waals surface area contributed by atoms with Crippen LogP contribution in [0.3, 0.4) is 0 Å². The minimum atomic E-state index is -0.332. The maximum absolute atomic E-state index is 13.2. The fourth-order valence-corrected chi connectivity index (χ4v) is 3.18. The monoisotopic (exact) mass is 262 g/mol. The van der Waals surface area contributed by atoms with Crippen LogP contribution in [0.5, 0.6) is 0 Å². The molecule has 0 bridgehead atoms. The van der Waals surface area contributed by atoms with Gasteiger partial charge in [0, 0.05) is 17.3 Å². The lowest BCUT2D eigenvalue weighted by Crippen LogP contribution is -2.41. The highest BCUT2D eigenvalue weighted by Gasteiger charge is 2.34. The van der Waals surface area contributed by atoms with Crippen LogP contribution >= 0.6 is 0 Å². The van der Waals surface area contributed by atoms with Crippen molar-refractivity contribution in [2.45, 2.75) is 44.7 Å². The second-order valence-corrected chi connectivity index (χ2v) is 5.69. The van der Waals surface area contributed by atoms with Gasteiger partial charge in [-0.1, -0.05) is 25.8 Å². The highest BCUT2D eigenvalue weighted by Crippen LogP contribution is 2.33. The Kier molecular flexibility index (Phi) is 3.27. The molecule has 3 unspecified atom stereocenters. The first-order valence-corrected chi connectivity index (χ1v) is 7.01. The van der Waals surface area contributed by atoms with Crippen molar-refractivity contribution in [3.8, 4) is 0 Å². The average Bonchev–Trinajstić information content (AvgIpc) is 2.68. The van der Waals surface area contributed by atoms with E-state index in [1.54, 1.807) is 6.07 Å². The van der Waals surface area contributed by atoms with E-state index in [1.807, 2.05) is 0 Å². The van der Waals surface area contributed by atoms with Crippen molar-refractivity contribution in [1.82, 2.24) is 5.32 Å². The van der Waals surface area contributed by atoms with E-state index in [4.69, 9.17) is 0 Å². The molecule has 19 heavy (non-hydrogen) atoms. The van der Waals surface area contributed by atoms with Gasteiger partial charge in [-0.05, 0) is 30.9 Å². The van der Waals surface area contributed by atoms with E-state index in [1.165, 1.54) is 31.4 Å². The lowest BCUT2D eigenvalue weighted by Gasteiger charge is -2.31. The van der Waals surface area contributed by atoms with Crippen LogP contribution in [-0.4, -0.2) is 11.9 Å². The van der Waals surface area contributed by atoms with Crippen LogP contribution in [0.4, 0.5) is 10.1 Å². The number of fused-ring (bicyclic) bond motifs is 1. The molecule has 3 rings (SSSR count). The molecule has 1 heterocycles. The fraction of sp³-hybridized carbons (Fsp3) is 0.533. The summed E-state index contributed by atoms with van der Waals surface area (Å²) in [5, 5.41) is 6.21. The first-order valence-electron chi connectivity index (χ1n) is 7.01. The topological polar surface area (TPSA) is 41.1 Å². The number of amides is 1. The van der Waals surface area contributed by atoms with Crippen molar-refractivity contribution in [3.63, 3.8) is 0 Å². The van der Waals surface area contributed by atoms with Crippen LogP contribution in [0.1, 0.15) is 44.2 Å². The van der Waals surface area contributed by atoms with Crippen LogP contribution in [-0.2, 0) is 4.79 Å². The molecule has 1 aliphatic carbocycles. The van der Waals surface area contributed by atoms with Gasteiger partial charge in [0.05, 0.1) is 0 Å². The molecule has 2 N–H and O–H groups in total. The number of nitrogens with one attached hydrogen (secondary N) is 2. The van der Waals surface area contributed by atoms with Crippen molar-refractivity contribution in [1.29, 1.82) is 0 Å². The van der Waals surface area contributed by atoms with Gasteiger partial charge >= 0.3 is 0 Å². The quantitative estimate of drug-likeness (QED) is 0.860. The molecule has 2 aliphatic rings. The Balaban J connectivity index is 1.80. The number of hydrogen-bond acceptors (Lipinski definition) is 2. The first kappa shape index (κ1) is 12.6. The summed E-state index contributed by atoms with van der Waals surface area (Å²) in [5.74, 6) is 0.204. The number of carbonyl (C=O) groups excluding carboxylic acids is 1. The second-order valence-electron chi connectivity index (χ2n) is 5.69. The molecule has 1 aliphatic heterocycles. The highest BCUT2D eigenvalue weighted by atomic mass is 19.1. The predicted molar refractivity (Wildman–Crippen MR) is 72.3 cm³/mol. The number of benzene rings is 1. The standard InChI is InChI=1S/C15H19FN2O/c1-9-4-2-3-5-12(9)17-14-11-7-6-10(16)8-13(11)18-15(14)19/h6-9,12,14,17H,2-5H2,1H3,(H,18,19). The highest BCUT2D eigenvalue weighted by molar-refractivity contribution is 6.02. The molecule has 3 atom stereocenters. The molecular formula is C15H19FN2O. The van der Waals surface area contributed by atoms with E-state index in [0.717, 1.165) is 12.0 Å². The van der Waals surface area contributed by atoms with E-state index >= 15 is 0 Å². The van der Waals surface area contributed by atoms with E-state index in [9.17, 15) is 9.18 Å². The van der Waals surface area contributed by atoms with Crippen molar-refractivity contribution in [2.75, 3.05) is 5.32 Å². The minimum absolute atomic E-state index is 0.0710. The van der Waals surface area contributed by atoms with Crippen molar-refractivity contribution in [3.05, 3.63) is 29.6 Å².